The van der Waals surface area contributed by atoms with E-state index in [0.717, 1.165) is 6.07 Å². The number of aromatic amines is 1. The van der Waals surface area contributed by atoms with Gasteiger partial charge in [-0.05, 0) is 67.1 Å². The minimum atomic E-state index is -0.894. The first-order valence-electron chi connectivity index (χ1n) is 10.1. The summed E-state index contributed by atoms with van der Waals surface area (Å²) in [6, 6.07) is 7.04. The van der Waals surface area contributed by atoms with E-state index >= 15 is 0 Å². The van der Waals surface area contributed by atoms with E-state index in [-0.39, 0.29) is 29.9 Å². The molecular formula is C23H23F3N2O3. The molecule has 0 spiro atoms. The van der Waals surface area contributed by atoms with Gasteiger partial charge in [0.2, 0.25) is 5.91 Å². The molecule has 1 aliphatic carbocycles. The summed E-state index contributed by atoms with van der Waals surface area (Å²) >= 11 is 0. The number of hydrogen-bond donors (Lipinski definition) is 4. The number of rotatable bonds is 6. The van der Waals surface area contributed by atoms with Gasteiger partial charge in [-0.3, -0.25) is 4.79 Å². The Morgan fingerprint density at radius 2 is 1.84 bits per heavy atom. The van der Waals surface area contributed by atoms with Crippen molar-refractivity contribution >= 4 is 16.8 Å². The molecule has 2 aromatic carbocycles. The molecule has 1 aliphatic rings. The lowest BCUT2D eigenvalue weighted by atomic mass is 9.69. The predicted octanol–water partition coefficient (Wildman–Crippen LogP) is 3.60. The van der Waals surface area contributed by atoms with Crippen LogP contribution >= 0.6 is 0 Å². The van der Waals surface area contributed by atoms with Gasteiger partial charge in [0.05, 0.1) is 30.0 Å². The first kappa shape index (κ1) is 21.4. The summed E-state index contributed by atoms with van der Waals surface area (Å²) < 4.78 is 41.8. The monoisotopic (exact) mass is 432 g/mol. The average Bonchev–Trinajstić information content (AvgIpc) is 3.05. The highest BCUT2D eigenvalue weighted by Gasteiger charge is 2.39. The minimum Gasteiger partial charge on any atom is -0.394 e. The molecule has 8 heteroatoms. The third kappa shape index (κ3) is 4.05. The summed E-state index contributed by atoms with van der Waals surface area (Å²) in [7, 11) is 0. The summed E-state index contributed by atoms with van der Waals surface area (Å²) in [6.07, 6.45) is 0.000975. The molecule has 0 bridgehead atoms. The third-order valence-electron chi connectivity index (χ3n) is 6.02. The van der Waals surface area contributed by atoms with E-state index in [2.05, 4.69) is 10.3 Å². The quantitative estimate of drug-likeness (QED) is 0.480. The molecule has 0 saturated heterocycles. The van der Waals surface area contributed by atoms with Crippen molar-refractivity contribution in [2.24, 2.45) is 5.92 Å². The second kappa shape index (κ2) is 8.36. The van der Waals surface area contributed by atoms with Crippen molar-refractivity contribution in [3.8, 4) is 11.3 Å². The third-order valence-corrected chi connectivity index (χ3v) is 6.02. The number of aliphatic hydroxyl groups is 2. The molecule has 1 fully saturated rings. The predicted molar refractivity (Wildman–Crippen MR) is 110 cm³/mol. The summed E-state index contributed by atoms with van der Waals surface area (Å²) in [5.74, 6) is -2.59. The highest BCUT2D eigenvalue weighted by atomic mass is 19.1. The van der Waals surface area contributed by atoms with Crippen molar-refractivity contribution in [2.75, 3.05) is 6.61 Å². The summed E-state index contributed by atoms with van der Waals surface area (Å²) in [6.45, 7) is 1.10. The van der Waals surface area contributed by atoms with Crippen molar-refractivity contribution in [1.82, 2.24) is 10.3 Å². The second-order valence-corrected chi connectivity index (χ2v) is 8.13. The number of carbonyl (C=O) groups excluding carboxylic acids is 1. The number of aromatic nitrogens is 1. The van der Waals surface area contributed by atoms with Crippen molar-refractivity contribution < 1.29 is 28.2 Å². The molecular weight excluding hydrogens is 409 g/mol. The summed E-state index contributed by atoms with van der Waals surface area (Å²) in [5, 5.41) is 21.9. The molecule has 1 saturated carbocycles. The Labute approximate surface area is 176 Å². The highest BCUT2D eigenvalue weighted by Crippen LogP contribution is 2.48. The van der Waals surface area contributed by atoms with Crippen molar-refractivity contribution in [3.05, 3.63) is 59.4 Å². The zero-order valence-corrected chi connectivity index (χ0v) is 16.8. The molecule has 1 heterocycles. The Hall–Kier alpha value is -2.84. The van der Waals surface area contributed by atoms with Gasteiger partial charge < -0.3 is 20.5 Å². The van der Waals surface area contributed by atoms with Crippen molar-refractivity contribution in [3.63, 3.8) is 0 Å². The number of nitrogens with one attached hydrogen (secondary N) is 2. The average molecular weight is 432 g/mol. The fourth-order valence-electron chi connectivity index (χ4n) is 4.20. The first-order valence-corrected chi connectivity index (χ1v) is 10.1. The number of amides is 1. The molecule has 3 aromatic rings. The number of halogens is 3. The SMILES string of the molecule is CC(O)[C@H](CO)NC(=O)[C@H]1C[C@@H](c2c(-c3ccc(F)cc3)[nH]c3c(F)cc(F)cc32)C1. The molecule has 1 unspecified atom stereocenters. The zero-order valence-electron chi connectivity index (χ0n) is 16.8. The number of hydrogen-bond acceptors (Lipinski definition) is 3. The Balaban J connectivity index is 1.65. The van der Waals surface area contributed by atoms with Gasteiger partial charge >= 0.3 is 0 Å². The fourth-order valence-corrected chi connectivity index (χ4v) is 4.20. The van der Waals surface area contributed by atoms with E-state index in [0.29, 0.717) is 35.0 Å². The summed E-state index contributed by atoms with van der Waals surface area (Å²) in [5.41, 5.74) is 2.06. The maximum atomic E-state index is 14.4. The number of H-pyrrole nitrogens is 1. The van der Waals surface area contributed by atoms with Crippen LogP contribution in [0, 0.1) is 23.4 Å². The normalized spacial score (nSPS) is 20.3. The lowest BCUT2D eigenvalue weighted by molar-refractivity contribution is -0.130. The van der Waals surface area contributed by atoms with Gasteiger partial charge in [0, 0.05) is 17.4 Å². The molecule has 1 aromatic heterocycles. The Kier molecular flexibility index (Phi) is 5.77. The van der Waals surface area contributed by atoms with E-state index in [4.69, 9.17) is 0 Å². The van der Waals surface area contributed by atoms with Gasteiger partial charge in [-0.15, -0.1) is 0 Å². The van der Waals surface area contributed by atoms with Crippen LogP contribution in [0.5, 0.6) is 0 Å². The standard InChI is InChI=1S/C23H23F3N2O3/c1-11(30)19(10-29)27-23(31)14-6-13(7-14)20-17-8-16(25)9-18(26)22(17)28-21(20)12-2-4-15(24)5-3-12/h2-5,8-9,11,13-14,19,28-30H,6-7,10H2,1H3,(H,27,31)/t11?,13-,14+,19-/m0/s1. The molecule has 0 radical (unpaired) electrons. The van der Waals surface area contributed by atoms with Crippen LogP contribution in [0.15, 0.2) is 36.4 Å². The maximum Gasteiger partial charge on any atom is 0.223 e. The van der Waals surface area contributed by atoms with Crippen LogP contribution in [0.25, 0.3) is 22.2 Å². The summed E-state index contributed by atoms with van der Waals surface area (Å²) in [4.78, 5) is 15.5. The van der Waals surface area contributed by atoms with Gasteiger partial charge in [-0.1, -0.05) is 0 Å². The van der Waals surface area contributed by atoms with E-state index in [9.17, 15) is 28.2 Å². The highest BCUT2D eigenvalue weighted by molar-refractivity contribution is 5.92. The molecule has 2 atom stereocenters. The molecule has 4 N–H and O–H groups in total. The first-order chi connectivity index (χ1) is 14.8. The lowest BCUT2D eigenvalue weighted by Crippen LogP contribution is -2.49. The number of benzene rings is 2. The topological polar surface area (TPSA) is 85.3 Å². The fraction of sp³-hybridized carbons (Fsp3) is 0.348. The Bertz CT molecular complexity index is 1110. The van der Waals surface area contributed by atoms with Crippen LogP contribution in [-0.2, 0) is 4.79 Å². The van der Waals surface area contributed by atoms with Crippen LogP contribution in [0.1, 0.15) is 31.2 Å². The minimum absolute atomic E-state index is 0.134. The second-order valence-electron chi connectivity index (χ2n) is 8.13. The largest absolute Gasteiger partial charge is 0.394 e. The molecule has 1 amide bonds. The van der Waals surface area contributed by atoms with Gasteiger partial charge in [0.15, 0.2) is 0 Å². The van der Waals surface area contributed by atoms with Crippen LogP contribution in [0.4, 0.5) is 13.2 Å². The van der Waals surface area contributed by atoms with Crippen LogP contribution < -0.4 is 5.32 Å². The lowest BCUT2D eigenvalue weighted by Gasteiger charge is -2.36. The smallest absolute Gasteiger partial charge is 0.223 e. The van der Waals surface area contributed by atoms with E-state index < -0.39 is 29.6 Å². The van der Waals surface area contributed by atoms with E-state index in [1.807, 2.05) is 0 Å². The van der Waals surface area contributed by atoms with E-state index in [1.54, 1.807) is 12.1 Å². The number of fused-ring (bicyclic) bond motifs is 1. The Morgan fingerprint density at radius 3 is 2.45 bits per heavy atom. The molecule has 31 heavy (non-hydrogen) atoms. The van der Waals surface area contributed by atoms with Gasteiger partial charge in [-0.2, -0.15) is 0 Å². The molecule has 5 nitrogen and oxygen atoms in total. The van der Waals surface area contributed by atoms with Gasteiger partial charge in [0.1, 0.15) is 17.5 Å². The van der Waals surface area contributed by atoms with Crippen LogP contribution in [0.3, 0.4) is 0 Å². The van der Waals surface area contributed by atoms with Gasteiger partial charge in [0.25, 0.3) is 0 Å². The molecule has 4 rings (SSSR count). The number of aliphatic hydroxyl groups excluding tert-OH is 2. The molecule has 0 aliphatic heterocycles. The zero-order chi connectivity index (χ0) is 22.3. The number of carbonyl (C=O) groups is 1. The van der Waals surface area contributed by atoms with Crippen molar-refractivity contribution in [1.29, 1.82) is 0 Å². The molecule has 164 valence electrons. The van der Waals surface area contributed by atoms with E-state index in [1.165, 1.54) is 25.1 Å². The van der Waals surface area contributed by atoms with Crippen molar-refractivity contribution in [2.45, 2.75) is 37.8 Å². The van der Waals surface area contributed by atoms with Crippen LogP contribution in [0.2, 0.25) is 0 Å². The Morgan fingerprint density at radius 1 is 1.16 bits per heavy atom. The van der Waals surface area contributed by atoms with Crippen LogP contribution in [-0.4, -0.2) is 39.9 Å². The van der Waals surface area contributed by atoms with Gasteiger partial charge in [-0.25, -0.2) is 13.2 Å². The maximum absolute atomic E-state index is 14.4.